The molecule has 2 N–H and O–H groups in total. The molecule has 0 atom stereocenters. The topological polar surface area (TPSA) is 68.2 Å². The third-order valence-corrected chi connectivity index (χ3v) is 7.75. The summed E-state index contributed by atoms with van der Waals surface area (Å²) < 4.78 is 16.6. The molecule has 0 aliphatic carbocycles. The standard InChI is InChI=1S/C30H62O.C6H14O4/c1-5-9-13-17-21-25-29(26-22-18-14-10-6-2)31-30(27-23-19-15-11-7-3)28-24-20-16-12-8-4;7-1-3-9-5-6-10-4-2-8/h29-30H,5-28H2,1-4H3;7-8H,1-6H2. The zero-order chi connectivity index (χ0) is 30.5. The van der Waals surface area contributed by atoms with Crippen LogP contribution >= 0.6 is 0 Å². The first-order valence-corrected chi connectivity index (χ1v) is 18.2. The summed E-state index contributed by atoms with van der Waals surface area (Å²) in [5.74, 6) is 0. The molecule has 0 saturated heterocycles. The summed E-state index contributed by atoms with van der Waals surface area (Å²) in [7, 11) is 0. The molecule has 5 nitrogen and oxygen atoms in total. The van der Waals surface area contributed by atoms with Gasteiger partial charge in [0.15, 0.2) is 0 Å². The quantitative estimate of drug-likeness (QED) is 0.0747. The number of rotatable bonds is 33. The molecule has 0 radical (unpaired) electrons. The van der Waals surface area contributed by atoms with Crippen LogP contribution in [-0.2, 0) is 14.2 Å². The van der Waals surface area contributed by atoms with Crippen LogP contribution < -0.4 is 0 Å². The molecule has 0 aromatic rings. The lowest BCUT2D eigenvalue weighted by molar-refractivity contribution is -0.0324. The van der Waals surface area contributed by atoms with Gasteiger partial charge in [-0.3, -0.25) is 0 Å². The van der Waals surface area contributed by atoms with Gasteiger partial charge in [-0.1, -0.05) is 156 Å². The first-order chi connectivity index (χ1) is 20.2. The number of unbranched alkanes of at least 4 members (excludes halogenated alkanes) is 16. The molecule has 0 rings (SSSR count). The maximum atomic E-state index is 8.26. The van der Waals surface area contributed by atoms with Gasteiger partial charge in [0, 0.05) is 0 Å². The van der Waals surface area contributed by atoms with E-state index in [4.69, 9.17) is 24.4 Å². The molecule has 0 saturated carbocycles. The zero-order valence-corrected chi connectivity index (χ0v) is 28.5. The summed E-state index contributed by atoms with van der Waals surface area (Å²) >= 11 is 0. The molecule has 0 spiro atoms. The van der Waals surface area contributed by atoms with Gasteiger partial charge in [0.25, 0.3) is 0 Å². The van der Waals surface area contributed by atoms with Crippen LogP contribution in [0.4, 0.5) is 0 Å². The fourth-order valence-electron chi connectivity index (χ4n) is 5.19. The fourth-order valence-corrected chi connectivity index (χ4v) is 5.19. The van der Waals surface area contributed by atoms with Crippen molar-refractivity contribution in [2.45, 2.75) is 194 Å². The molecule has 0 aromatic carbocycles. The molecule has 0 bridgehead atoms. The largest absolute Gasteiger partial charge is 0.394 e. The van der Waals surface area contributed by atoms with Crippen LogP contribution in [0.2, 0.25) is 0 Å². The van der Waals surface area contributed by atoms with Gasteiger partial charge in [-0.2, -0.15) is 0 Å². The van der Waals surface area contributed by atoms with Crippen LogP contribution in [0.5, 0.6) is 0 Å². The predicted octanol–water partition coefficient (Wildman–Crippen LogP) is 10.2. The van der Waals surface area contributed by atoms with Crippen molar-refractivity contribution in [1.82, 2.24) is 0 Å². The number of hydrogen-bond donors (Lipinski definition) is 2. The second kappa shape index (κ2) is 39.8. The van der Waals surface area contributed by atoms with Gasteiger partial charge >= 0.3 is 0 Å². The van der Waals surface area contributed by atoms with Gasteiger partial charge in [-0.05, 0) is 25.7 Å². The van der Waals surface area contributed by atoms with Gasteiger partial charge in [-0.15, -0.1) is 0 Å². The summed E-state index contributed by atoms with van der Waals surface area (Å²) in [4.78, 5) is 0. The Morgan fingerprint density at radius 2 is 0.634 bits per heavy atom. The fraction of sp³-hybridized carbons (Fsp3) is 1.00. The number of aliphatic hydroxyl groups excluding tert-OH is 2. The van der Waals surface area contributed by atoms with Crippen molar-refractivity contribution in [3.05, 3.63) is 0 Å². The Balaban J connectivity index is 0. The lowest BCUT2D eigenvalue weighted by Crippen LogP contribution is -2.23. The van der Waals surface area contributed by atoms with E-state index in [-0.39, 0.29) is 13.2 Å². The molecule has 0 aromatic heterocycles. The molecule has 41 heavy (non-hydrogen) atoms. The molecular formula is C36H76O5. The SMILES string of the molecule is CCCCCCCC(CCCCCCC)OC(CCCCCCC)CCCCCCC.OCCOCCOCCO. The van der Waals surface area contributed by atoms with Crippen molar-refractivity contribution in [2.75, 3.05) is 39.6 Å². The van der Waals surface area contributed by atoms with Crippen LogP contribution in [0.25, 0.3) is 0 Å². The minimum atomic E-state index is 0.0417. The van der Waals surface area contributed by atoms with E-state index >= 15 is 0 Å². The van der Waals surface area contributed by atoms with Crippen molar-refractivity contribution >= 4 is 0 Å². The van der Waals surface area contributed by atoms with Crippen molar-refractivity contribution in [3.63, 3.8) is 0 Å². The van der Waals surface area contributed by atoms with E-state index in [0.29, 0.717) is 38.6 Å². The Labute approximate surface area is 257 Å². The Hall–Kier alpha value is -0.200. The first-order valence-electron chi connectivity index (χ1n) is 18.2. The molecular weight excluding hydrogens is 512 g/mol. The minimum Gasteiger partial charge on any atom is -0.394 e. The summed E-state index contributed by atoms with van der Waals surface area (Å²) in [6.07, 6.45) is 34.0. The number of ether oxygens (including phenoxy) is 3. The number of aliphatic hydroxyl groups is 2. The highest BCUT2D eigenvalue weighted by Crippen LogP contribution is 2.23. The Bertz CT molecular complexity index is 368. The Morgan fingerprint density at radius 1 is 0.366 bits per heavy atom. The summed E-state index contributed by atoms with van der Waals surface area (Å²) in [5.41, 5.74) is 0. The van der Waals surface area contributed by atoms with Crippen molar-refractivity contribution in [3.8, 4) is 0 Å². The molecule has 0 unspecified atom stereocenters. The third kappa shape index (κ3) is 37.8. The van der Waals surface area contributed by atoms with Crippen molar-refractivity contribution in [1.29, 1.82) is 0 Å². The number of hydrogen-bond acceptors (Lipinski definition) is 5. The van der Waals surface area contributed by atoms with Crippen molar-refractivity contribution < 1.29 is 24.4 Å². The van der Waals surface area contributed by atoms with E-state index in [0.717, 1.165) is 0 Å². The molecule has 0 fully saturated rings. The van der Waals surface area contributed by atoms with E-state index < -0.39 is 0 Å². The highest BCUT2D eigenvalue weighted by molar-refractivity contribution is 4.67. The molecule has 250 valence electrons. The maximum Gasteiger partial charge on any atom is 0.0701 e. The monoisotopic (exact) mass is 589 g/mol. The maximum absolute atomic E-state index is 8.26. The minimum absolute atomic E-state index is 0.0417. The van der Waals surface area contributed by atoms with E-state index in [1.165, 1.54) is 154 Å². The molecule has 5 heteroatoms. The van der Waals surface area contributed by atoms with Gasteiger partial charge in [0.1, 0.15) is 0 Å². The van der Waals surface area contributed by atoms with E-state index in [1.807, 2.05) is 0 Å². The highest BCUT2D eigenvalue weighted by Gasteiger charge is 2.16. The predicted molar refractivity (Wildman–Crippen MR) is 178 cm³/mol. The summed E-state index contributed by atoms with van der Waals surface area (Å²) in [6, 6.07) is 0. The van der Waals surface area contributed by atoms with Gasteiger partial charge in [-0.25, -0.2) is 0 Å². The lowest BCUT2D eigenvalue weighted by atomic mass is 10.00. The molecule has 0 aliphatic rings. The summed E-state index contributed by atoms with van der Waals surface area (Å²) in [6.45, 7) is 11.0. The molecule has 0 amide bonds. The van der Waals surface area contributed by atoms with E-state index in [9.17, 15) is 0 Å². The third-order valence-electron chi connectivity index (χ3n) is 7.75. The van der Waals surface area contributed by atoms with E-state index in [1.54, 1.807) is 0 Å². The first kappa shape index (κ1) is 42.9. The van der Waals surface area contributed by atoms with Crippen molar-refractivity contribution in [2.24, 2.45) is 0 Å². The van der Waals surface area contributed by atoms with Gasteiger partial charge in [0.2, 0.25) is 0 Å². The van der Waals surface area contributed by atoms with Crippen LogP contribution in [0.3, 0.4) is 0 Å². The Kier molecular flexibility index (Phi) is 41.7. The average Bonchev–Trinajstić information content (AvgIpc) is 2.98. The molecule has 0 aliphatic heterocycles. The van der Waals surface area contributed by atoms with Crippen LogP contribution in [0, 0.1) is 0 Å². The second-order valence-corrected chi connectivity index (χ2v) is 11.9. The van der Waals surface area contributed by atoms with Crippen LogP contribution in [-0.4, -0.2) is 62.1 Å². The Morgan fingerprint density at radius 3 is 0.878 bits per heavy atom. The van der Waals surface area contributed by atoms with Crippen LogP contribution in [0.15, 0.2) is 0 Å². The normalized spacial score (nSPS) is 11.4. The molecule has 0 heterocycles. The van der Waals surface area contributed by atoms with Crippen LogP contribution in [0.1, 0.15) is 182 Å². The van der Waals surface area contributed by atoms with E-state index in [2.05, 4.69) is 27.7 Å². The second-order valence-electron chi connectivity index (χ2n) is 11.9. The highest BCUT2D eigenvalue weighted by atomic mass is 16.5. The smallest absolute Gasteiger partial charge is 0.0701 e. The average molecular weight is 589 g/mol. The van der Waals surface area contributed by atoms with Gasteiger partial charge < -0.3 is 24.4 Å². The van der Waals surface area contributed by atoms with Gasteiger partial charge in [0.05, 0.1) is 51.8 Å². The lowest BCUT2D eigenvalue weighted by Gasteiger charge is -2.26. The zero-order valence-electron chi connectivity index (χ0n) is 28.5. The summed E-state index contributed by atoms with van der Waals surface area (Å²) in [5, 5.41) is 16.5.